The number of para-hydroxylation sites is 1. The van der Waals surface area contributed by atoms with Crippen LogP contribution in [-0.2, 0) is 6.42 Å². The highest BCUT2D eigenvalue weighted by Crippen LogP contribution is 2.16. The Kier molecular flexibility index (Phi) is 6.97. The van der Waals surface area contributed by atoms with Crippen LogP contribution in [0.1, 0.15) is 32.3 Å². The van der Waals surface area contributed by atoms with Gasteiger partial charge in [-0.1, -0.05) is 38.5 Å². The highest BCUT2D eigenvalue weighted by molar-refractivity contribution is 5.90. The third-order valence-electron chi connectivity index (χ3n) is 3.08. The average Bonchev–Trinajstić information content (AvgIpc) is 2.44. The molecule has 2 N–H and O–H groups in total. The molecule has 1 aromatic rings. The number of aryl methyl sites for hydroxylation is 1. The molecule has 0 spiro atoms. The van der Waals surface area contributed by atoms with Crippen LogP contribution >= 0.6 is 0 Å². The summed E-state index contributed by atoms with van der Waals surface area (Å²) in [4.78, 5) is 13.8. The molecule has 2 amide bonds. The molecule has 1 aromatic carbocycles. The number of amides is 2. The first-order valence-electron chi connectivity index (χ1n) is 6.97. The van der Waals surface area contributed by atoms with Crippen LogP contribution in [0.15, 0.2) is 24.3 Å². The maximum absolute atomic E-state index is 12.2. The van der Waals surface area contributed by atoms with Gasteiger partial charge >= 0.3 is 6.03 Å². The van der Waals surface area contributed by atoms with Crippen molar-refractivity contribution in [2.75, 3.05) is 25.0 Å². The van der Waals surface area contributed by atoms with Crippen molar-refractivity contribution in [2.24, 2.45) is 0 Å². The molecule has 0 heterocycles. The number of benzene rings is 1. The second kappa shape index (κ2) is 8.53. The molecule has 1 rings (SSSR count). The zero-order chi connectivity index (χ0) is 14.1. The van der Waals surface area contributed by atoms with E-state index in [1.165, 1.54) is 0 Å². The molecule has 0 unspecified atom stereocenters. The topological polar surface area (TPSA) is 52.6 Å². The fraction of sp³-hybridized carbons (Fsp3) is 0.533. The molecule has 0 saturated heterocycles. The first kappa shape index (κ1) is 15.5. The summed E-state index contributed by atoms with van der Waals surface area (Å²) in [5.41, 5.74) is 1.98. The molecule has 19 heavy (non-hydrogen) atoms. The standard InChI is InChI=1S/C15H24N2O2/c1-3-5-10-17(11-12-18)15(19)16-14-9-7-6-8-13(14)4-2/h6-9,18H,3-5,10-12H2,1-2H3,(H,16,19). The molecule has 0 bridgehead atoms. The summed E-state index contributed by atoms with van der Waals surface area (Å²) in [6.07, 6.45) is 2.86. The van der Waals surface area contributed by atoms with Crippen molar-refractivity contribution < 1.29 is 9.90 Å². The molecule has 4 heteroatoms. The predicted octanol–water partition coefficient (Wildman–Crippen LogP) is 2.88. The highest BCUT2D eigenvalue weighted by atomic mass is 16.3. The van der Waals surface area contributed by atoms with Crippen molar-refractivity contribution in [3.8, 4) is 0 Å². The summed E-state index contributed by atoms with van der Waals surface area (Å²) in [6, 6.07) is 7.67. The van der Waals surface area contributed by atoms with Gasteiger partial charge in [0.05, 0.1) is 6.61 Å². The monoisotopic (exact) mass is 264 g/mol. The molecule has 0 radical (unpaired) electrons. The molecular formula is C15H24N2O2. The van der Waals surface area contributed by atoms with Crippen LogP contribution in [0.5, 0.6) is 0 Å². The summed E-state index contributed by atoms with van der Waals surface area (Å²) in [7, 11) is 0. The Hall–Kier alpha value is -1.55. The number of hydrogen-bond acceptors (Lipinski definition) is 2. The number of nitrogens with zero attached hydrogens (tertiary/aromatic N) is 1. The Morgan fingerprint density at radius 2 is 2.00 bits per heavy atom. The van der Waals surface area contributed by atoms with E-state index in [1.54, 1.807) is 4.90 Å². The van der Waals surface area contributed by atoms with Gasteiger partial charge in [-0.2, -0.15) is 0 Å². The number of unbranched alkanes of at least 4 members (excludes halogenated alkanes) is 1. The largest absolute Gasteiger partial charge is 0.395 e. The lowest BCUT2D eigenvalue weighted by Crippen LogP contribution is -2.37. The molecule has 0 aliphatic heterocycles. The Bertz CT molecular complexity index is 393. The third kappa shape index (κ3) is 4.91. The van der Waals surface area contributed by atoms with Crippen LogP contribution in [0.3, 0.4) is 0 Å². The van der Waals surface area contributed by atoms with Crippen molar-refractivity contribution >= 4 is 11.7 Å². The van der Waals surface area contributed by atoms with Gasteiger partial charge in [-0.3, -0.25) is 0 Å². The van der Waals surface area contributed by atoms with Crippen LogP contribution in [0, 0.1) is 0 Å². The lowest BCUT2D eigenvalue weighted by Gasteiger charge is -2.22. The minimum absolute atomic E-state index is 0.00738. The lowest BCUT2D eigenvalue weighted by atomic mass is 10.1. The van der Waals surface area contributed by atoms with Gasteiger partial charge < -0.3 is 15.3 Å². The molecule has 0 aliphatic carbocycles. The number of rotatable bonds is 7. The van der Waals surface area contributed by atoms with Gasteiger partial charge in [-0.25, -0.2) is 4.79 Å². The normalized spacial score (nSPS) is 10.3. The number of urea groups is 1. The molecule has 106 valence electrons. The van der Waals surface area contributed by atoms with E-state index in [4.69, 9.17) is 5.11 Å². The Morgan fingerprint density at radius 1 is 1.26 bits per heavy atom. The minimum Gasteiger partial charge on any atom is -0.395 e. The smallest absolute Gasteiger partial charge is 0.321 e. The van der Waals surface area contributed by atoms with E-state index in [2.05, 4.69) is 19.2 Å². The summed E-state index contributed by atoms with van der Waals surface area (Å²) < 4.78 is 0. The number of hydrogen-bond donors (Lipinski definition) is 2. The van der Waals surface area contributed by atoms with Gasteiger partial charge in [-0.05, 0) is 24.5 Å². The highest BCUT2D eigenvalue weighted by Gasteiger charge is 2.13. The van der Waals surface area contributed by atoms with Crippen LogP contribution in [0.4, 0.5) is 10.5 Å². The van der Waals surface area contributed by atoms with E-state index in [1.807, 2.05) is 24.3 Å². The first-order valence-corrected chi connectivity index (χ1v) is 6.97. The van der Waals surface area contributed by atoms with Crippen LogP contribution in [0.2, 0.25) is 0 Å². The number of anilines is 1. The van der Waals surface area contributed by atoms with Gasteiger partial charge in [0.1, 0.15) is 0 Å². The van der Waals surface area contributed by atoms with Crippen LogP contribution in [-0.4, -0.2) is 35.7 Å². The minimum atomic E-state index is -0.136. The van der Waals surface area contributed by atoms with Crippen molar-refractivity contribution in [3.63, 3.8) is 0 Å². The van der Waals surface area contributed by atoms with Gasteiger partial charge in [0.2, 0.25) is 0 Å². The fourth-order valence-corrected chi connectivity index (χ4v) is 1.93. The van der Waals surface area contributed by atoms with Crippen molar-refractivity contribution in [3.05, 3.63) is 29.8 Å². The van der Waals surface area contributed by atoms with Crippen LogP contribution < -0.4 is 5.32 Å². The zero-order valence-electron chi connectivity index (χ0n) is 11.9. The molecule has 0 fully saturated rings. The van der Waals surface area contributed by atoms with Gasteiger partial charge in [0.25, 0.3) is 0 Å². The summed E-state index contributed by atoms with van der Waals surface area (Å²) in [6.45, 7) is 5.19. The lowest BCUT2D eigenvalue weighted by molar-refractivity contribution is 0.187. The Labute approximate surface area is 115 Å². The maximum atomic E-state index is 12.2. The van der Waals surface area contributed by atoms with Gasteiger partial charge in [0.15, 0.2) is 0 Å². The molecule has 0 aromatic heterocycles. The summed E-state index contributed by atoms with van der Waals surface area (Å²) in [5.74, 6) is 0. The number of nitrogens with one attached hydrogen (secondary N) is 1. The van der Waals surface area contributed by atoms with Crippen molar-refractivity contribution in [1.82, 2.24) is 4.90 Å². The Balaban J connectivity index is 2.69. The van der Waals surface area contributed by atoms with Gasteiger partial charge in [-0.15, -0.1) is 0 Å². The summed E-state index contributed by atoms with van der Waals surface area (Å²) in [5, 5.41) is 12.0. The van der Waals surface area contributed by atoms with Gasteiger partial charge in [0, 0.05) is 18.8 Å². The van der Waals surface area contributed by atoms with E-state index in [-0.39, 0.29) is 12.6 Å². The number of aliphatic hydroxyl groups is 1. The van der Waals surface area contributed by atoms with Crippen LogP contribution in [0.25, 0.3) is 0 Å². The quantitative estimate of drug-likeness (QED) is 0.795. The molecule has 0 atom stereocenters. The summed E-state index contributed by atoms with van der Waals surface area (Å²) >= 11 is 0. The van der Waals surface area contributed by atoms with Crippen molar-refractivity contribution in [2.45, 2.75) is 33.1 Å². The molecule has 4 nitrogen and oxygen atoms in total. The first-order chi connectivity index (χ1) is 9.22. The second-order valence-electron chi connectivity index (χ2n) is 4.51. The second-order valence-corrected chi connectivity index (χ2v) is 4.51. The number of aliphatic hydroxyl groups excluding tert-OH is 1. The van der Waals surface area contributed by atoms with Crippen molar-refractivity contribution in [1.29, 1.82) is 0 Å². The molecule has 0 saturated carbocycles. The third-order valence-corrected chi connectivity index (χ3v) is 3.08. The predicted molar refractivity (Wildman–Crippen MR) is 78.4 cm³/mol. The van der Waals surface area contributed by atoms with E-state index in [0.717, 1.165) is 30.5 Å². The SMILES string of the molecule is CCCCN(CCO)C(=O)Nc1ccccc1CC. The average molecular weight is 264 g/mol. The maximum Gasteiger partial charge on any atom is 0.321 e. The Morgan fingerprint density at radius 3 is 2.63 bits per heavy atom. The zero-order valence-corrected chi connectivity index (χ0v) is 11.9. The van der Waals surface area contributed by atoms with E-state index in [9.17, 15) is 4.79 Å². The number of carbonyl (C=O) groups excluding carboxylic acids is 1. The van der Waals surface area contributed by atoms with E-state index >= 15 is 0 Å². The number of carbonyl (C=O) groups is 1. The van der Waals surface area contributed by atoms with E-state index in [0.29, 0.717) is 13.1 Å². The fourth-order valence-electron chi connectivity index (χ4n) is 1.93. The van der Waals surface area contributed by atoms with E-state index < -0.39 is 0 Å². The molecular weight excluding hydrogens is 240 g/mol. The molecule has 0 aliphatic rings.